The van der Waals surface area contributed by atoms with Crippen LogP contribution in [0.1, 0.15) is 40.5 Å². The van der Waals surface area contributed by atoms with Crippen LogP contribution in [0.2, 0.25) is 0 Å². The molecule has 0 saturated carbocycles. The van der Waals surface area contributed by atoms with E-state index >= 15 is 0 Å². The molecule has 1 unspecified atom stereocenters. The molecule has 1 aliphatic heterocycles. The maximum absolute atomic E-state index is 12.8. The average molecular weight is 510 g/mol. The second-order valence-electron chi connectivity index (χ2n) is 8.80. The van der Waals surface area contributed by atoms with Crippen LogP contribution in [0.15, 0.2) is 51.7 Å². The molecule has 0 aliphatic carbocycles. The van der Waals surface area contributed by atoms with Gasteiger partial charge in [0.2, 0.25) is 11.2 Å². The highest BCUT2D eigenvalue weighted by atomic mass is 16.5. The summed E-state index contributed by atoms with van der Waals surface area (Å²) < 4.78 is 27.3. The van der Waals surface area contributed by atoms with E-state index in [1.807, 2.05) is 12.1 Å². The first-order chi connectivity index (χ1) is 17.9. The first-order valence-corrected chi connectivity index (χ1v) is 11.9. The fourth-order valence-electron chi connectivity index (χ4n) is 4.71. The van der Waals surface area contributed by atoms with Gasteiger partial charge in [-0.2, -0.15) is 0 Å². The predicted molar refractivity (Wildman–Crippen MR) is 135 cm³/mol. The minimum absolute atomic E-state index is 0.00113. The molecule has 2 heterocycles. The smallest absolute Gasteiger partial charge is 0.306 e. The molecular formula is C28H31NO8. The topological polar surface area (TPSA) is 108 Å². The number of hydrogen-bond donors (Lipinski definition) is 1. The Morgan fingerprint density at radius 1 is 1.00 bits per heavy atom. The third-order valence-electron chi connectivity index (χ3n) is 6.61. The van der Waals surface area contributed by atoms with E-state index in [2.05, 4.69) is 4.90 Å². The largest absolute Gasteiger partial charge is 0.502 e. The van der Waals surface area contributed by atoms with E-state index in [4.69, 9.17) is 23.4 Å². The van der Waals surface area contributed by atoms with Crippen LogP contribution >= 0.6 is 0 Å². The Morgan fingerprint density at radius 2 is 1.68 bits per heavy atom. The van der Waals surface area contributed by atoms with Gasteiger partial charge in [0.15, 0.2) is 17.3 Å². The summed E-state index contributed by atoms with van der Waals surface area (Å²) in [6, 6.07) is 12.3. The van der Waals surface area contributed by atoms with Crippen molar-refractivity contribution in [3.63, 3.8) is 0 Å². The van der Waals surface area contributed by atoms with E-state index in [9.17, 15) is 14.7 Å². The lowest BCUT2D eigenvalue weighted by molar-refractivity contribution is -0.140. The summed E-state index contributed by atoms with van der Waals surface area (Å²) in [5.74, 6) is 0.397. The standard InChI is InChI=1S/C28H31NO8/c1-33-23-8-6-5-7-20(23)21(14-26(31)36-4)28-27(32)22(30)13-19(37-28)16-29-10-9-17-11-24(34-2)25(35-3)12-18(17)15-29/h5-8,11-13,21,32H,9-10,14-16H2,1-4H3. The van der Waals surface area contributed by atoms with E-state index in [0.29, 0.717) is 41.7 Å². The van der Waals surface area contributed by atoms with Gasteiger partial charge in [0, 0.05) is 24.7 Å². The van der Waals surface area contributed by atoms with Crippen LogP contribution in [-0.2, 0) is 29.0 Å². The number of esters is 1. The number of para-hydroxylation sites is 1. The fourth-order valence-corrected chi connectivity index (χ4v) is 4.71. The summed E-state index contributed by atoms with van der Waals surface area (Å²) in [5.41, 5.74) is 2.29. The van der Waals surface area contributed by atoms with E-state index in [-0.39, 0.29) is 12.2 Å². The summed E-state index contributed by atoms with van der Waals surface area (Å²) in [5, 5.41) is 10.7. The summed E-state index contributed by atoms with van der Waals surface area (Å²) in [4.78, 5) is 27.2. The maximum atomic E-state index is 12.8. The van der Waals surface area contributed by atoms with Crippen LogP contribution < -0.4 is 19.6 Å². The van der Waals surface area contributed by atoms with Gasteiger partial charge in [-0.15, -0.1) is 0 Å². The van der Waals surface area contributed by atoms with Crippen LogP contribution in [-0.4, -0.2) is 51.0 Å². The van der Waals surface area contributed by atoms with E-state index in [0.717, 1.165) is 18.5 Å². The van der Waals surface area contributed by atoms with Crippen molar-refractivity contribution >= 4 is 5.97 Å². The van der Waals surface area contributed by atoms with Gasteiger partial charge in [0.25, 0.3) is 0 Å². The molecule has 196 valence electrons. The summed E-state index contributed by atoms with van der Waals surface area (Å²) in [6.45, 7) is 1.70. The van der Waals surface area contributed by atoms with Crippen molar-refractivity contribution in [2.45, 2.75) is 31.8 Å². The number of fused-ring (bicyclic) bond motifs is 1. The van der Waals surface area contributed by atoms with E-state index < -0.39 is 23.1 Å². The Kier molecular flexibility index (Phi) is 8.03. The van der Waals surface area contributed by atoms with Crippen LogP contribution in [0.5, 0.6) is 23.0 Å². The molecule has 9 heteroatoms. The molecular weight excluding hydrogens is 478 g/mol. The first kappa shape index (κ1) is 26.1. The Morgan fingerprint density at radius 3 is 2.35 bits per heavy atom. The normalized spacial score (nSPS) is 13.9. The van der Waals surface area contributed by atoms with Crippen molar-refractivity contribution < 1.29 is 33.3 Å². The SMILES string of the molecule is COC(=O)CC(c1ccccc1OC)c1oc(CN2CCc3cc(OC)c(OC)cc3C2)cc(=O)c1O. The molecule has 3 aromatic rings. The molecule has 37 heavy (non-hydrogen) atoms. The lowest BCUT2D eigenvalue weighted by Crippen LogP contribution is -2.30. The van der Waals surface area contributed by atoms with Gasteiger partial charge >= 0.3 is 5.97 Å². The van der Waals surface area contributed by atoms with Gasteiger partial charge in [-0.1, -0.05) is 18.2 Å². The van der Waals surface area contributed by atoms with Crippen molar-refractivity contribution in [3.05, 3.63) is 80.9 Å². The molecule has 0 fully saturated rings. The monoisotopic (exact) mass is 509 g/mol. The van der Waals surface area contributed by atoms with Gasteiger partial charge in [-0.25, -0.2) is 0 Å². The molecule has 9 nitrogen and oxygen atoms in total. The zero-order valence-corrected chi connectivity index (χ0v) is 21.4. The number of rotatable bonds is 9. The second kappa shape index (κ2) is 11.4. The van der Waals surface area contributed by atoms with E-state index in [1.54, 1.807) is 38.5 Å². The van der Waals surface area contributed by atoms with Crippen molar-refractivity contribution in [2.75, 3.05) is 35.0 Å². The number of ether oxygens (including phenoxy) is 4. The molecule has 0 bridgehead atoms. The molecule has 4 rings (SSSR count). The average Bonchev–Trinajstić information content (AvgIpc) is 2.92. The summed E-state index contributed by atoms with van der Waals surface area (Å²) in [6.07, 6.45) is 0.645. The molecule has 2 aromatic carbocycles. The summed E-state index contributed by atoms with van der Waals surface area (Å²) >= 11 is 0. The molecule has 0 amide bonds. The van der Waals surface area contributed by atoms with Crippen LogP contribution in [0.4, 0.5) is 0 Å². The third-order valence-corrected chi connectivity index (χ3v) is 6.61. The zero-order valence-electron chi connectivity index (χ0n) is 21.4. The highest BCUT2D eigenvalue weighted by Gasteiger charge is 2.29. The number of nitrogens with zero attached hydrogens (tertiary/aromatic N) is 1. The zero-order chi connectivity index (χ0) is 26.5. The van der Waals surface area contributed by atoms with Crippen molar-refractivity contribution in [2.24, 2.45) is 0 Å². The molecule has 0 radical (unpaired) electrons. The highest BCUT2D eigenvalue weighted by molar-refractivity contribution is 5.71. The number of aromatic hydroxyl groups is 1. The van der Waals surface area contributed by atoms with Gasteiger partial charge in [-0.05, 0) is 35.7 Å². The van der Waals surface area contributed by atoms with E-state index in [1.165, 1.54) is 25.8 Å². The van der Waals surface area contributed by atoms with Gasteiger partial charge in [0.05, 0.1) is 47.3 Å². The molecule has 1 N–H and O–H groups in total. The number of hydrogen-bond acceptors (Lipinski definition) is 9. The number of benzene rings is 2. The first-order valence-electron chi connectivity index (χ1n) is 11.9. The Labute approximate surface area is 215 Å². The van der Waals surface area contributed by atoms with Gasteiger partial charge in [0.1, 0.15) is 11.5 Å². The quantitative estimate of drug-likeness (QED) is 0.433. The molecule has 1 atom stereocenters. The minimum atomic E-state index is -0.782. The lowest BCUT2D eigenvalue weighted by Gasteiger charge is -2.29. The molecule has 1 aromatic heterocycles. The second-order valence-corrected chi connectivity index (χ2v) is 8.80. The number of methoxy groups -OCH3 is 4. The molecule has 0 saturated heterocycles. The third kappa shape index (κ3) is 5.56. The molecule has 0 spiro atoms. The van der Waals surface area contributed by atoms with Crippen molar-refractivity contribution in [1.82, 2.24) is 4.90 Å². The number of carbonyl (C=O) groups is 1. The Bertz CT molecular complexity index is 1330. The van der Waals surface area contributed by atoms with Crippen molar-refractivity contribution in [3.8, 4) is 23.0 Å². The summed E-state index contributed by atoms with van der Waals surface area (Å²) in [7, 11) is 6.01. The fraction of sp³-hybridized carbons (Fsp3) is 0.357. The van der Waals surface area contributed by atoms with Crippen LogP contribution in [0.25, 0.3) is 0 Å². The Hall–Kier alpha value is -3.98. The highest BCUT2D eigenvalue weighted by Crippen LogP contribution is 2.38. The minimum Gasteiger partial charge on any atom is -0.502 e. The predicted octanol–water partition coefficient (Wildman–Crippen LogP) is 3.62. The van der Waals surface area contributed by atoms with Gasteiger partial charge in [-0.3, -0.25) is 14.5 Å². The Balaban J connectivity index is 1.67. The van der Waals surface area contributed by atoms with Gasteiger partial charge < -0.3 is 28.5 Å². The van der Waals surface area contributed by atoms with Crippen molar-refractivity contribution in [1.29, 1.82) is 0 Å². The lowest BCUT2D eigenvalue weighted by atomic mass is 9.91. The number of carbonyl (C=O) groups excluding carboxylic acids is 1. The maximum Gasteiger partial charge on any atom is 0.306 e. The van der Waals surface area contributed by atoms with Crippen LogP contribution in [0.3, 0.4) is 0 Å². The van der Waals surface area contributed by atoms with Crippen LogP contribution in [0, 0.1) is 0 Å². The molecule has 1 aliphatic rings.